The number of aliphatic hydroxyl groups excluding tert-OH is 1. The van der Waals surface area contributed by atoms with E-state index in [1.807, 2.05) is 54.6 Å². The van der Waals surface area contributed by atoms with Crippen molar-refractivity contribution in [2.45, 2.75) is 13.0 Å². The molecule has 0 aliphatic heterocycles. The highest BCUT2D eigenvalue weighted by Gasteiger charge is 2.02. The lowest BCUT2D eigenvalue weighted by atomic mass is 10.1. The van der Waals surface area contributed by atoms with Gasteiger partial charge in [-0.3, -0.25) is 4.98 Å². The van der Waals surface area contributed by atoms with Crippen molar-refractivity contribution in [3.05, 3.63) is 59.9 Å². The third-order valence-corrected chi connectivity index (χ3v) is 2.52. The van der Waals surface area contributed by atoms with Crippen molar-refractivity contribution < 1.29 is 9.84 Å². The number of aliphatic hydroxyl groups is 1. The van der Waals surface area contributed by atoms with Crippen LogP contribution in [0.3, 0.4) is 0 Å². The maximum atomic E-state index is 9.26. The summed E-state index contributed by atoms with van der Waals surface area (Å²) in [5.74, 6) is 0.760. The smallest absolute Gasteiger partial charge is 0.126 e. The van der Waals surface area contributed by atoms with Crippen LogP contribution >= 0.6 is 0 Å². The van der Waals surface area contributed by atoms with Gasteiger partial charge < -0.3 is 9.84 Å². The number of para-hydroxylation sites is 1. The van der Waals surface area contributed by atoms with Crippen LogP contribution in [-0.4, -0.2) is 22.8 Å². The summed E-state index contributed by atoms with van der Waals surface area (Å²) in [6.45, 7) is 1.99. The topological polar surface area (TPSA) is 42.4 Å². The number of benzene rings is 1. The standard InChI is InChI=1S/C16H17NO2/c1-13(18)12-19-16-8-3-2-6-14(16)9-10-15-7-4-5-11-17-15/h2-11,13,18H,12H2,1H3. The van der Waals surface area contributed by atoms with E-state index in [0.29, 0.717) is 0 Å². The predicted molar refractivity (Wildman–Crippen MR) is 76.8 cm³/mol. The monoisotopic (exact) mass is 255 g/mol. The van der Waals surface area contributed by atoms with Crippen molar-refractivity contribution in [3.8, 4) is 5.75 Å². The largest absolute Gasteiger partial charge is 0.490 e. The Balaban J connectivity index is 2.13. The van der Waals surface area contributed by atoms with Gasteiger partial charge in [0.25, 0.3) is 0 Å². The molecule has 0 aliphatic carbocycles. The summed E-state index contributed by atoms with van der Waals surface area (Å²) in [5.41, 5.74) is 1.86. The van der Waals surface area contributed by atoms with Crippen molar-refractivity contribution in [3.63, 3.8) is 0 Å². The zero-order chi connectivity index (χ0) is 13.5. The number of hydrogen-bond acceptors (Lipinski definition) is 3. The molecule has 0 saturated heterocycles. The molecule has 0 amide bonds. The van der Waals surface area contributed by atoms with E-state index in [-0.39, 0.29) is 6.61 Å². The second-order valence-corrected chi connectivity index (χ2v) is 4.29. The fourth-order valence-corrected chi connectivity index (χ4v) is 1.61. The fraction of sp³-hybridized carbons (Fsp3) is 0.188. The third-order valence-electron chi connectivity index (χ3n) is 2.52. The van der Waals surface area contributed by atoms with Crippen LogP contribution in [0.25, 0.3) is 12.2 Å². The molecule has 1 heterocycles. The number of ether oxygens (including phenoxy) is 1. The van der Waals surface area contributed by atoms with Gasteiger partial charge in [0.05, 0.1) is 11.8 Å². The van der Waals surface area contributed by atoms with E-state index in [4.69, 9.17) is 4.74 Å². The van der Waals surface area contributed by atoms with Crippen LogP contribution in [0.5, 0.6) is 5.75 Å². The van der Waals surface area contributed by atoms with Gasteiger partial charge in [-0.2, -0.15) is 0 Å². The lowest BCUT2D eigenvalue weighted by Crippen LogP contribution is -2.13. The lowest BCUT2D eigenvalue weighted by Gasteiger charge is -2.10. The van der Waals surface area contributed by atoms with Gasteiger partial charge in [0.2, 0.25) is 0 Å². The lowest BCUT2D eigenvalue weighted by molar-refractivity contribution is 0.122. The Morgan fingerprint density at radius 3 is 2.68 bits per heavy atom. The zero-order valence-corrected chi connectivity index (χ0v) is 10.9. The van der Waals surface area contributed by atoms with Crippen LogP contribution in [0.15, 0.2) is 48.7 Å². The first-order valence-corrected chi connectivity index (χ1v) is 6.25. The third kappa shape index (κ3) is 4.23. The molecule has 0 saturated carbocycles. The Morgan fingerprint density at radius 2 is 1.95 bits per heavy atom. The summed E-state index contributed by atoms with van der Waals surface area (Å²) in [7, 11) is 0. The second-order valence-electron chi connectivity index (χ2n) is 4.29. The molecule has 1 N–H and O–H groups in total. The average molecular weight is 255 g/mol. The molecule has 1 aromatic heterocycles. The minimum Gasteiger partial charge on any atom is -0.490 e. The van der Waals surface area contributed by atoms with Gasteiger partial charge >= 0.3 is 0 Å². The summed E-state index contributed by atoms with van der Waals surface area (Å²) < 4.78 is 5.57. The van der Waals surface area contributed by atoms with Crippen molar-refractivity contribution in [1.29, 1.82) is 0 Å². The summed E-state index contributed by atoms with van der Waals surface area (Å²) in [6, 6.07) is 13.5. The molecule has 0 fully saturated rings. The molecule has 0 aliphatic rings. The van der Waals surface area contributed by atoms with Crippen LogP contribution < -0.4 is 4.74 Å². The first kappa shape index (κ1) is 13.3. The molecule has 0 spiro atoms. The molecule has 1 atom stereocenters. The molecule has 1 unspecified atom stereocenters. The van der Waals surface area contributed by atoms with Gasteiger partial charge in [-0.15, -0.1) is 0 Å². The molecule has 0 bridgehead atoms. The van der Waals surface area contributed by atoms with Gasteiger partial charge in [0.1, 0.15) is 12.4 Å². The Labute approximate surface area is 113 Å². The van der Waals surface area contributed by atoms with Gasteiger partial charge in [0, 0.05) is 11.8 Å². The number of pyridine rings is 1. The fourth-order valence-electron chi connectivity index (χ4n) is 1.61. The highest BCUT2D eigenvalue weighted by atomic mass is 16.5. The number of nitrogens with zero attached hydrogens (tertiary/aromatic N) is 1. The minimum atomic E-state index is -0.479. The van der Waals surface area contributed by atoms with Gasteiger partial charge in [-0.1, -0.05) is 24.3 Å². The van der Waals surface area contributed by atoms with Crippen molar-refractivity contribution in [2.75, 3.05) is 6.61 Å². The maximum Gasteiger partial charge on any atom is 0.126 e. The Hall–Kier alpha value is -2.13. The Morgan fingerprint density at radius 1 is 1.16 bits per heavy atom. The molecular formula is C16H17NO2. The van der Waals surface area contributed by atoms with E-state index < -0.39 is 6.10 Å². The van der Waals surface area contributed by atoms with Crippen LogP contribution in [-0.2, 0) is 0 Å². The molecular weight excluding hydrogens is 238 g/mol. The molecule has 3 nitrogen and oxygen atoms in total. The summed E-state index contributed by atoms with van der Waals surface area (Å²) >= 11 is 0. The molecule has 19 heavy (non-hydrogen) atoms. The van der Waals surface area contributed by atoms with E-state index in [1.54, 1.807) is 13.1 Å². The normalized spacial score (nSPS) is 12.5. The molecule has 2 rings (SSSR count). The number of hydrogen-bond donors (Lipinski definition) is 1. The van der Waals surface area contributed by atoms with Gasteiger partial charge in [0.15, 0.2) is 0 Å². The van der Waals surface area contributed by atoms with Gasteiger partial charge in [-0.05, 0) is 37.3 Å². The molecule has 3 heteroatoms. The first-order chi connectivity index (χ1) is 9.25. The average Bonchev–Trinajstić information content (AvgIpc) is 2.45. The van der Waals surface area contributed by atoms with E-state index >= 15 is 0 Å². The maximum absolute atomic E-state index is 9.26. The van der Waals surface area contributed by atoms with Gasteiger partial charge in [-0.25, -0.2) is 0 Å². The van der Waals surface area contributed by atoms with Crippen LogP contribution in [0.1, 0.15) is 18.2 Å². The highest BCUT2D eigenvalue weighted by Crippen LogP contribution is 2.20. The van der Waals surface area contributed by atoms with Crippen molar-refractivity contribution in [2.24, 2.45) is 0 Å². The highest BCUT2D eigenvalue weighted by molar-refractivity contribution is 5.71. The summed E-state index contributed by atoms with van der Waals surface area (Å²) in [4.78, 5) is 4.23. The first-order valence-electron chi connectivity index (χ1n) is 6.25. The molecule has 1 aromatic carbocycles. The summed E-state index contributed by atoms with van der Waals surface area (Å²) in [6.07, 6.45) is 5.17. The molecule has 2 aromatic rings. The predicted octanol–water partition coefficient (Wildman–Crippen LogP) is 3.01. The SMILES string of the molecule is CC(O)COc1ccccc1C=Cc1ccccn1. The van der Waals surface area contributed by atoms with Crippen LogP contribution in [0, 0.1) is 0 Å². The van der Waals surface area contributed by atoms with Crippen molar-refractivity contribution >= 4 is 12.2 Å². The zero-order valence-electron chi connectivity index (χ0n) is 10.9. The Kier molecular flexibility index (Phi) is 4.70. The van der Waals surface area contributed by atoms with E-state index in [1.165, 1.54) is 0 Å². The van der Waals surface area contributed by atoms with Crippen LogP contribution in [0.2, 0.25) is 0 Å². The second kappa shape index (κ2) is 6.71. The van der Waals surface area contributed by atoms with E-state index in [0.717, 1.165) is 17.0 Å². The Bertz CT molecular complexity index is 535. The van der Waals surface area contributed by atoms with E-state index in [9.17, 15) is 5.11 Å². The van der Waals surface area contributed by atoms with Crippen LogP contribution in [0.4, 0.5) is 0 Å². The number of rotatable bonds is 5. The van der Waals surface area contributed by atoms with Crippen molar-refractivity contribution in [1.82, 2.24) is 4.98 Å². The minimum absolute atomic E-state index is 0.286. The summed E-state index contributed by atoms with van der Waals surface area (Å²) in [5, 5.41) is 9.26. The van der Waals surface area contributed by atoms with E-state index in [2.05, 4.69) is 4.98 Å². The quantitative estimate of drug-likeness (QED) is 0.893. The number of aromatic nitrogens is 1. The molecule has 0 radical (unpaired) electrons. The molecule has 98 valence electrons.